The number of hydrogen-bond acceptors (Lipinski definition) is 7. The molecular formula is C30H34N4O3. The summed E-state index contributed by atoms with van der Waals surface area (Å²) in [4.78, 5) is 14.8. The molecule has 1 aliphatic heterocycles. The summed E-state index contributed by atoms with van der Waals surface area (Å²) < 4.78 is 17.2. The van der Waals surface area contributed by atoms with Crippen LogP contribution in [0, 0.1) is 0 Å². The normalized spacial score (nSPS) is 14.1. The van der Waals surface area contributed by atoms with Crippen LogP contribution in [0.15, 0.2) is 66.7 Å². The van der Waals surface area contributed by atoms with Gasteiger partial charge in [-0.25, -0.2) is 9.97 Å². The van der Waals surface area contributed by atoms with Crippen molar-refractivity contribution in [2.24, 2.45) is 0 Å². The Morgan fingerprint density at radius 1 is 0.757 bits per heavy atom. The van der Waals surface area contributed by atoms with Gasteiger partial charge in [0.25, 0.3) is 0 Å². The molecule has 7 heteroatoms. The lowest BCUT2D eigenvalue weighted by molar-refractivity contribution is 0.285. The van der Waals surface area contributed by atoms with E-state index in [1.807, 2.05) is 42.5 Å². The van der Waals surface area contributed by atoms with Crippen LogP contribution < -0.4 is 19.1 Å². The van der Waals surface area contributed by atoms with Crippen molar-refractivity contribution in [1.29, 1.82) is 0 Å². The molecule has 37 heavy (non-hydrogen) atoms. The van der Waals surface area contributed by atoms with Crippen molar-refractivity contribution in [2.45, 2.75) is 19.4 Å². The first-order valence-corrected chi connectivity index (χ1v) is 12.7. The van der Waals surface area contributed by atoms with E-state index in [2.05, 4.69) is 41.1 Å². The van der Waals surface area contributed by atoms with Crippen molar-refractivity contribution in [3.8, 4) is 17.2 Å². The Kier molecular flexibility index (Phi) is 7.70. The number of rotatable bonds is 9. The van der Waals surface area contributed by atoms with E-state index in [1.165, 1.54) is 5.56 Å². The van der Waals surface area contributed by atoms with Crippen molar-refractivity contribution in [3.63, 3.8) is 0 Å². The van der Waals surface area contributed by atoms with E-state index in [4.69, 9.17) is 24.2 Å². The zero-order chi connectivity index (χ0) is 25.6. The van der Waals surface area contributed by atoms with Crippen molar-refractivity contribution in [1.82, 2.24) is 14.9 Å². The smallest absolute Gasteiger partial charge is 0.163 e. The van der Waals surface area contributed by atoms with Gasteiger partial charge in [0.15, 0.2) is 11.5 Å². The first-order chi connectivity index (χ1) is 18.1. The van der Waals surface area contributed by atoms with Crippen LogP contribution >= 0.6 is 0 Å². The second-order valence-electron chi connectivity index (χ2n) is 9.40. The summed E-state index contributed by atoms with van der Waals surface area (Å²) >= 11 is 0. The number of piperazine rings is 1. The summed E-state index contributed by atoms with van der Waals surface area (Å²) in [5, 5.41) is 0.988. The van der Waals surface area contributed by atoms with Crippen LogP contribution in [-0.4, -0.2) is 62.3 Å². The van der Waals surface area contributed by atoms with Crippen molar-refractivity contribution in [3.05, 3.63) is 83.7 Å². The number of methoxy groups -OCH3 is 2. The summed E-state index contributed by atoms with van der Waals surface area (Å²) in [6.45, 7) is 4.32. The molecule has 1 aromatic heterocycles. The van der Waals surface area contributed by atoms with Gasteiger partial charge in [-0.05, 0) is 42.8 Å². The fraction of sp³-hybridized carbons (Fsp3) is 0.333. The van der Waals surface area contributed by atoms with Crippen molar-refractivity contribution < 1.29 is 14.2 Å². The van der Waals surface area contributed by atoms with Gasteiger partial charge in [0.05, 0.1) is 19.7 Å². The monoisotopic (exact) mass is 498 g/mol. The molecule has 0 radical (unpaired) electrons. The molecule has 0 N–H and O–H groups in total. The summed E-state index contributed by atoms with van der Waals surface area (Å²) in [6, 6.07) is 22.3. The highest BCUT2D eigenvalue weighted by Gasteiger charge is 2.21. The molecule has 0 aliphatic carbocycles. The van der Waals surface area contributed by atoms with Gasteiger partial charge in [0.2, 0.25) is 0 Å². The topological polar surface area (TPSA) is 60.0 Å². The molecular weight excluding hydrogens is 464 g/mol. The van der Waals surface area contributed by atoms with Gasteiger partial charge in [-0.1, -0.05) is 42.5 Å². The van der Waals surface area contributed by atoms with Crippen LogP contribution in [0.5, 0.6) is 17.2 Å². The van der Waals surface area contributed by atoms with E-state index in [9.17, 15) is 0 Å². The molecule has 1 aliphatic rings. The van der Waals surface area contributed by atoms with Gasteiger partial charge >= 0.3 is 0 Å². The highest BCUT2D eigenvalue weighted by Crippen LogP contribution is 2.36. The molecule has 0 spiro atoms. The van der Waals surface area contributed by atoms with E-state index in [1.54, 1.807) is 14.2 Å². The molecule has 0 unspecified atom stereocenters. The third kappa shape index (κ3) is 5.94. The first kappa shape index (κ1) is 24.8. The van der Waals surface area contributed by atoms with Gasteiger partial charge in [-0.3, -0.25) is 0 Å². The van der Waals surface area contributed by atoms with Gasteiger partial charge in [-0.2, -0.15) is 0 Å². The van der Waals surface area contributed by atoms with E-state index in [0.717, 1.165) is 72.9 Å². The maximum absolute atomic E-state index is 6.20. The zero-order valence-electron chi connectivity index (χ0n) is 21.8. The molecule has 5 rings (SSSR count). The minimum atomic E-state index is 0.462. The van der Waals surface area contributed by atoms with E-state index >= 15 is 0 Å². The number of ether oxygens (including phenoxy) is 3. The summed E-state index contributed by atoms with van der Waals surface area (Å²) in [6.07, 6.45) is 1.60. The summed E-state index contributed by atoms with van der Waals surface area (Å²) in [5.41, 5.74) is 3.20. The Hall–Kier alpha value is -3.84. The molecule has 2 heterocycles. The predicted molar refractivity (Wildman–Crippen MR) is 147 cm³/mol. The van der Waals surface area contributed by atoms with Crippen molar-refractivity contribution in [2.75, 3.05) is 52.3 Å². The average Bonchev–Trinajstić information content (AvgIpc) is 2.95. The van der Waals surface area contributed by atoms with Crippen LogP contribution in [0.2, 0.25) is 0 Å². The maximum Gasteiger partial charge on any atom is 0.163 e. The van der Waals surface area contributed by atoms with Crippen LogP contribution in [0.1, 0.15) is 17.0 Å². The third-order valence-electron chi connectivity index (χ3n) is 6.84. The molecule has 4 aromatic rings. The molecule has 0 bridgehead atoms. The predicted octanol–water partition coefficient (Wildman–Crippen LogP) is 4.76. The number of nitrogens with zero attached hydrogens (tertiary/aromatic N) is 4. The highest BCUT2D eigenvalue weighted by molar-refractivity contribution is 5.92. The molecule has 0 saturated carbocycles. The minimum Gasteiger partial charge on any atom is -0.497 e. The lowest BCUT2D eigenvalue weighted by Crippen LogP contribution is -2.45. The maximum atomic E-state index is 6.20. The zero-order valence-corrected chi connectivity index (χ0v) is 21.8. The van der Waals surface area contributed by atoms with Crippen LogP contribution in [0.3, 0.4) is 0 Å². The molecule has 3 aromatic carbocycles. The summed E-state index contributed by atoms with van der Waals surface area (Å²) in [5.74, 6) is 4.03. The number of benzene rings is 3. The second-order valence-corrected chi connectivity index (χ2v) is 9.40. The van der Waals surface area contributed by atoms with Gasteiger partial charge < -0.3 is 24.0 Å². The Balaban J connectivity index is 1.48. The molecule has 1 saturated heterocycles. The molecule has 0 atom stereocenters. The Bertz CT molecular complexity index is 1320. The SMILES string of the molecule is COc1ccc(CCc2nc(N3CCN(C)CC3)c3cc(OC)c(OCc4ccccc4)cc3n2)cc1. The highest BCUT2D eigenvalue weighted by atomic mass is 16.5. The number of likely N-dealkylation sites (N-methyl/N-ethyl adjacent to an activating group) is 1. The number of aromatic nitrogens is 2. The second kappa shape index (κ2) is 11.5. The Morgan fingerprint density at radius 2 is 1.51 bits per heavy atom. The number of anilines is 1. The number of aryl methyl sites for hydroxylation is 2. The van der Waals surface area contributed by atoms with Gasteiger partial charge in [0.1, 0.15) is 24.0 Å². The van der Waals surface area contributed by atoms with Crippen LogP contribution in [0.25, 0.3) is 10.9 Å². The van der Waals surface area contributed by atoms with E-state index in [-0.39, 0.29) is 0 Å². The Morgan fingerprint density at radius 3 is 2.22 bits per heavy atom. The first-order valence-electron chi connectivity index (χ1n) is 12.7. The molecule has 192 valence electrons. The number of hydrogen-bond donors (Lipinski definition) is 0. The minimum absolute atomic E-state index is 0.462. The summed E-state index contributed by atoms with van der Waals surface area (Å²) in [7, 11) is 5.52. The number of fused-ring (bicyclic) bond motifs is 1. The standard InChI is InChI=1S/C30H34N4O3/c1-33-15-17-34(18-16-33)30-25-19-27(36-3)28(37-21-23-7-5-4-6-8-23)20-26(25)31-29(32-30)14-11-22-9-12-24(35-2)13-10-22/h4-10,12-13,19-20H,11,14-18,21H2,1-3H3. The van der Waals surface area contributed by atoms with Gasteiger partial charge in [-0.15, -0.1) is 0 Å². The lowest BCUT2D eigenvalue weighted by Gasteiger charge is -2.34. The van der Waals surface area contributed by atoms with Crippen LogP contribution in [0.4, 0.5) is 5.82 Å². The third-order valence-corrected chi connectivity index (χ3v) is 6.84. The van der Waals surface area contributed by atoms with E-state index < -0.39 is 0 Å². The molecule has 7 nitrogen and oxygen atoms in total. The van der Waals surface area contributed by atoms with Crippen molar-refractivity contribution >= 4 is 16.7 Å². The van der Waals surface area contributed by atoms with E-state index in [0.29, 0.717) is 18.1 Å². The largest absolute Gasteiger partial charge is 0.497 e. The Labute approximate surface area is 218 Å². The molecule has 0 amide bonds. The fourth-order valence-electron chi connectivity index (χ4n) is 4.59. The quantitative estimate of drug-likeness (QED) is 0.330. The van der Waals surface area contributed by atoms with Gasteiger partial charge in [0, 0.05) is 44.1 Å². The molecule has 1 fully saturated rings. The lowest BCUT2D eigenvalue weighted by atomic mass is 10.1. The average molecular weight is 499 g/mol. The fourth-order valence-corrected chi connectivity index (χ4v) is 4.59. The van der Waals surface area contributed by atoms with Crippen LogP contribution in [-0.2, 0) is 19.4 Å².